The lowest BCUT2D eigenvalue weighted by atomic mass is 10.1. The van der Waals surface area contributed by atoms with Crippen LogP contribution in [0.4, 0.5) is 0 Å². The highest BCUT2D eigenvalue weighted by Crippen LogP contribution is 2.23. The Kier molecular flexibility index (Phi) is 5.35. The minimum atomic E-state index is -0.876. The van der Waals surface area contributed by atoms with Gasteiger partial charge in [0.2, 0.25) is 0 Å². The Balaban J connectivity index is 2.57. The van der Waals surface area contributed by atoms with Crippen molar-refractivity contribution in [3.05, 3.63) is 29.3 Å². The van der Waals surface area contributed by atoms with E-state index in [1.54, 1.807) is 31.0 Å². The van der Waals surface area contributed by atoms with Gasteiger partial charge in [-0.1, -0.05) is 0 Å². The predicted octanol–water partition coefficient (Wildman–Crippen LogP) is 2.82. The van der Waals surface area contributed by atoms with Gasteiger partial charge in [0.05, 0.1) is 5.56 Å². The lowest BCUT2D eigenvalue weighted by Gasteiger charge is -2.06. The van der Waals surface area contributed by atoms with E-state index in [1.165, 1.54) is 0 Å². The summed E-state index contributed by atoms with van der Waals surface area (Å²) >= 11 is 1.73. The van der Waals surface area contributed by atoms with Crippen LogP contribution in [0.2, 0.25) is 0 Å². The van der Waals surface area contributed by atoms with Gasteiger partial charge in [0.25, 0.3) is 0 Å². The SMILES string of the molecule is COCCCSc1ccc(C(=O)O)cc1C. The van der Waals surface area contributed by atoms with Gasteiger partial charge in [-0.2, -0.15) is 0 Å². The van der Waals surface area contributed by atoms with Crippen LogP contribution in [0.15, 0.2) is 23.1 Å². The first-order valence-corrected chi connectivity index (χ1v) is 6.09. The Morgan fingerprint density at radius 1 is 1.50 bits per heavy atom. The van der Waals surface area contributed by atoms with E-state index in [0.29, 0.717) is 5.56 Å². The van der Waals surface area contributed by atoms with E-state index in [2.05, 4.69) is 0 Å². The van der Waals surface area contributed by atoms with Crippen molar-refractivity contribution in [2.75, 3.05) is 19.5 Å². The van der Waals surface area contributed by atoms with Crippen LogP contribution in [-0.4, -0.2) is 30.5 Å². The quantitative estimate of drug-likeness (QED) is 0.613. The van der Waals surface area contributed by atoms with Gasteiger partial charge in [0.15, 0.2) is 0 Å². The van der Waals surface area contributed by atoms with Crippen molar-refractivity contribution in [3.8, 4) is 0 Å². The van der Waals surface area contributed by atoms with Crippen LogP contribution < -0.4 is 0 Å². The van der Waals surface area contributed by atoms with E-state index in [-0.39, 0.29) is 0 Å². The van der Waals surface area contributed by atoms with Crippen molar-refractivity contribution in [2.24, 2.45) is 0 Å². The molecule has 0 amide bonds. The van der Waals surface area contributed by atoms with E-state index in [1.807, 2.05) is 13.0 Å². The third kappa shape index (κ3) is 3.87. The average molecular weight is 240 g/mol. The molecule has 1 aromatic carbocycles. The molecule has 16 heavy (non-hydrogen) atoms. The Bertz CT molecular complexity index is 363. The maximum Gasteiger partial charge on any atom is 0.335 e. The molecule has 4 heteroatoms. The molecule has 1 aromatic rings. The lowest BCUT2D eigenvalue weighted by Crippen LogP contribution is -1.97. The first-order valence-electron chi connectivity index (χ1n) is 5.11. The third-order valence-corrected chi connectivity index (χ3v) is 3.43. The summed E-state index contributed by atoms with van der Waals surface area (Å²) in [7, 11) is 1.69. The summed E-state index contributed by atoms with van der Waals surface area (Å²) in [5, 5.41) is 8.82. The smallest absolute Gasteiger partial charge is 0.335 e. The summed E-state index contributed by atoms with van der Waals surface area (Å²) in [4.78, 5) is 11.9. The number of hydrogen-bond acceptors (Lipinski definition) is 3. The van der Waals surface area contributed by atoms with Crippen molar-refractivity contribution >= 4 is 17.7 Å². The van der Waals surface area contributed by atoms with Crippen LogP contribution in [0, 0.1) is 6.92 Å². The van der Waals surface area contributed by atoms with E-state index in [9.17, 15) is 4.79 Å². The minimum Gasteiger partial charge on any atom is -0.478 e. The molecular formula is C12H16O3S. The van der Waals surface area contributed by atoms with Gasteiger partial charge in [-0.3, -0.25) is 0 Å². The Morgan fingerprint density at radius 2 is 2.25 bits per heavy atom. The molecule has 0 unspecified atom stereocenters. The molecule has 0 fully saturated rings. The molecule has 1 N–H and O–H groups in total. The molecule has 0 saturated carbocycles. The molecule has 0 aromatic heterocycles. The number of ether oxygens (including phenoxy) is 1. The van der Waals surface area contributed by atoms with Gasteiger partial charge in [-0.15, -0.1) is 11.8 Å². The van der Waals surface area contributed by atoms with Gasteiger partial charge >= 0.3 is 5.97 Å². The lowest BCUT2D eigenvalue weighted by molar-refractivity contribution is 0.0696. The molecular weight excluding hydrogens is 224 g/mol. The molecule has 0 saturated heterocycles. The predicted molar refractivity (Wildman–Crippen MR) is 65.4 cm³/mol. The van der Waals surface area contributed by atoms with Crippen LogP contribution in [-0.2, 0) is 4.74 Å². The number of aryl methyl sites for hydroxylation is 1. The van der Waals surface area contributed by atoms with E-state index < -0.39 is 5.97 Å². The van der Waals surface area contributed by atoms with Gasteiger partial charge in [-0.05, 0) is 37.1 Å². The Morgan fingerprint density at radius 3 is 2.81 bits per heavy atom. The van der Waals surface area contributed by atoms with Gasteiger partial charge in [-0.25, -0.2) is 4.79 Å². The molecule has 0 aliphatic carbocycles. The number of hydrogen-bond donors (Lipinski definition) is 1. The second kappa shape index (κ2) is 6.55. The number of benzene rings is 1. The van der Waals surface area contributed by atoms with E-state index >= 15 is 0 Å². The van der Waals surface area contributed by atoms with E-state index in [0.717, 1.165) is 29.2 Å². The topological polar surface area (TPSA) is 46.5 Å². The number of rotatable bonds is 6. The molecule has 0 spiro atoms. The van der Waals surface area contributed by atoms with Crippen molar-refractivity contribution in [1.29, 1.82) is 0 Å². The van der Waals surface area contributed by atoms with Gasteiger partial charge in [0, 0.05) is 24.4 Å². The number of thioether (sulfide) groups is 1. The standard InChI is InChI=1S/C12H16O3S/c1-9-8-10(12(13)14)4-5-11(9)16-7-3-6-15-2/h4-5,8H,3,6-7H2,1-2H3,(H,13,14). The van der Waals surface area contributed by atoms with Crippen molar-refractivity contribution in [2.45, 2.75) is 18.2 Å². The molecule has 0 radical (unpaired) electrons. The Labute approximate surface area is 99.8 Å². The summed E-state index contributed by atoms with van der Waals surface area (Å²) in [6.45, 7) is 2.70. The number of aromatic carboxylic acids is 1. The summed E-state index contributed by atoms with van der Waals surface area (Å²) in [5.41, 5.74) is 1.36. The molecule has 88 valence electrons. The summed E-state index contributed by atoms with van der Waals surface area (Å²) < 4.78 is 4.97. The minimum absolute atomic E-state index is 0.346. The van der Waals surface area contributed by atoms with Crippen molar-refractivity contribution in [1.82, 2.24) is 0 Å². The zero-order valence-corrected chi connectivity index (χ0v) is 10.3. The maximum atomic E-state index is 10.7. The zero-order valence-electron chi connectivity index (χ0n) is 9.53. The van der Waals surface area contributed by atoms with Crippen LogP contribution in [0.25, 0.3) is 0 Å². The van der Waals surface area contributed by atoms with Crippen molar-refractivity contribution in [3.63, 3.8) is 0 Å². The third-order valence-electron chi connectivity index (χ3n) is 2.17. The monoisotopic (exact) mass is 240 g/mol. The van der Waals surface area contributed by atoms with Gasteiger partial charge in [0.1, 0.15) is 0 Å². The second-order valence-corrected chi connectivity index (χ2v) is 4.62. The molecule has 0 aliphatic heterocycles. The van der Waals surface area contributed by atoms with Crippen molar-refractivity contribution < 1.29 is 14.6 Å². The molecule has 0 atom stereocenters. The van der Waals surface area contributed by atoms with Crippen LogP contribution in [0.5, 0.6) is 0 Å². The summed E-state index contributed by atoms with van der Waals surface area (Å²) in [6, 6.07) is 5.23. The number of methoxy groups -OCH3 is 1. The largest absolute Gasteiger partial charge is 0.478 e. The molecule has 0 aliphatic rings. The highest BCUT2D eigenvalue weighted by atomic mass is 32.2. The fourth-order valence-corrected chi connectivity index (χ4v) is 2.26. The first-order chi connectivity index (χ1) is 7.65. The highest BCUT2D eigenvalue weighted by molar-refractivity contribution is 7.99. The van der Waals surface area contributed by atoms with Crippen LogP contribution in [0.3, 0.4) is 0 Å². The average Bonchev–Trinajstić information content (AvgIpc) is 2.26. The zero-order chi connectivity index (χ0) is 12.0. The van der Waals surface area contributed by atoms with Crippen LogP contribution in [0.1, 0.15) is 22.3 Å². The molecule has 0 bridgehead atoms. The first kappa shape index (κ1) is 13.1. The normalized spacial score (nSPS) is 10.4. The van der Waals surface area contributed by atoms with Crippen LogP contribution >= 0.6 is 11.8 Å². The summed E-state index contributed by atoms with van der Waals surface area (Å²) in [5.74, 6) is 0.111. The second-order valence-electron chi connectivity index (χ2n) is 3.48. The summed E-state index contributed by atoms with van der Waals surface area (Å²) in [6.07, 6.45) is 1.00. The fourth-order valence-electron chi connectivity index (χ4n) is 1.33. The van der Waals surface area contributed by atoms with Gasteiger partial charge < -0.3 is 9.84 Å². The number of carboxylic acid groups (broad SMARTS) is 1. The maximum absolute atomic E-state index is 10.7. The molecule has 1 rings (SSSR count). The molecule has 0 heterocycles. The fraction of sp³-hybridized carbons (Fsp3) is 0.417. The Hall–Kier alpha value is -1.00. The number of carboxylic acids is 1. The highest BCUT2D eigenvalue weighted by Gasteiger charge is 2.05. The van der Waals surface area contributed by atoms with E-state index in [4.69, 9.17) is 9.84 Å². The number of carbonyl (C=O) groups is 1. The molecule has 3 nitrogen and oxygen atoms in total.